The van der Waals surface area contributed by atoms with Crippen molar-refractivity contribution in [3.63, 3.8) is 0 Å². The van der Waals surface area contributed by atoms with Gasteiger partial charge in [0.25, 0.3) is 10.0 Å². The number of nitrogens with one attached hydrogen (secondary N) is 1. The van der Waals surface area contributed by atoms with E-state index in [9.17, 15) is 18.0 Å². The Balaban J connectivity index is 1.81. The maximum absolute atomic E-state index is 14.3. The molecule has 0 heterocycles. The number of halogens is 2. The molecule has 0 saturated heterocycles. The minimum absolute atomic E-state index is 0.00866. The van der Waals surface area contributed by atoms with Gasteiger partial charge in [0, 0.05) is 19.5 Å². The Morgan fingerprint density at radius 1 is 0.786 bits per heavy atom. The second-order valence-corrected chi connectivity index (χ2v) is 12.2. The molecular weight excluding hydrogens is 593 g/mol. The first-order valence-corrected chi connectivity index (χ1v) is 15.6. The molecule has 0 spiro atoms. The summed E-state index contributed by atoms with van der Waals surface area (Å²) in [5.41, 5.74) is 1.69. The zero-order valence-electron chi connectivity index (χ0n) is 23.0. The van der Waals surface area contributed by atoms with Crippen LogP contribution in [0.15, 0.2) is 114 Å². The van der Waals surface area contributed by atoms with Crippen molar-refractivity contribution in [1.29, 1.82) is 0 Å². The average Bonchev–Trinajstić information content (AvgIpc) is 3.00. The molecule has 0 aliphatic rings. The molecule has 42 heavy (non-hydrogen) atoms. The van der Waals surface area contributed by atoms with Crippen molar-refractivity contribution in [1.82, 2.24) is 10.2 Å². The number of likely N-dealkylation sites (N-methyl/N-ethyl adjacent to an activating group) is 1. The van der Waals surface area contributed by atoms with E-state index in [1.165, 1.54) is 29.2 Å². The first kappa shape index (κ1) is 31.1. The van der Waals surface area contributed by atoms with Gasteiger partial charge in [0.05, 0.1) is 20.6 Å². The van der Waals surface area contributed by atoms with Crippen LogP contribution in [0.3, 0.4) is 0 Å². The van der Waals surface area contributed by atoms with Gasteiger partial charge in [-0.25, -0.2) is 8.42 Å². The summed E-state index contributed by atoms with van der Waals surface area (Å²) >= 11 is 12.8. The van der Waals surface area contributed by atoms with E-state index in [1.54, 1.807) is 31.2 Å². The molecule has 1 atom stereocenters. The molecule has 0 fully saturated rings. The molecule has 10 heteroatoms. The molecule has 0 aromatic heterocycles. The van der Waals surface area contributed by atoms with Crippen molar-refractivity contribution in [3.8, 4) is 0 Å². The topological polar surface area (TPSA) is 86.8 Å². The average molecular weight is 625 g/mol. The summed E-state index contributed by atoms with van der Waals surface area (Å²) in [6, 6.07) is 30.1. The van der Waals surface area contributed by atoms with Gasteiger partial charge in [-0.3, -0.25) is 13.9 Å². The number of rotatable bonds is 12. The second kappa shape index (κ2) is 14.4. The quantitative estimate of drug-likeness (QED) is 0.211. The first-order chi connectivity index (χ1) is 20.2. The number of sulfonamides is 1. The van der Waals surface area contributed by atoms with E-state index < -0.39 is 28.5 Å². The van der Waals surface area contributed by atoms with E-state index in [4.69, 9.17) is 23.2 Å². The Hall–Kier alpha value is -3.85. The monoisotopic (exact) mass is 623 g/mol. The molecule has 0 aliphatic heterocycles. The van der Waals surface area contributed by atoms with Crippen molar-refractivity contribution >= 4 is 50.7 Å². The van der Waals surface area contributed by atoms with Gasteiger partial charge in [0.2, 0.25) is 11.8 Å². The summed E-state index contributed by atoms with van der Waals surface area (Å²) in [6.45, 7) is 1.63. The lowest BCUT2D eigenvalue weighted by molar-refractivity contribution is -0.140. The lowest BCUT2D eigenvalue weighted by Gasteiger charge is -2.34. The normalized spacial score (nSPS) is 11.9. The molecule has 2 amide bonds. The van der Waals surface area contributed by atoms with Gasteiger partial charge in [0.15, 0.2) is 0 Å². The predicted molar refractivity (Wildman–Crippen MR) is 167 cm³/mol. The lowest BCUT2D eigenvalue weighted by Crippen LogP contribution is -2.53. The fourth-order valence-corrected chi connectivity index (χ4v) is 6.44. The molecule has 0 aliphatic carbocycles. The zero-order chi connectivity index (χ0) is 30.1. The van der Waals surface area contributed by atoms with Gasteiger partial charge >= 0.3 is 0 Å². The van der Waals surface area contributed by atoms with Crippen LogP contribution in [0.4, 0.5) is 5.69 Å². The molecule has 0 bridgehead atoms. The zero-order valence-corrected chi connectivity index (χ0v) is 25.3. The lowest BCUT2D eigenvalue weighted by atomic mass is 10.0. The molecule has 1 unspecified atom stereocenters. The van der Waals surface area contributed by atoms with Crippen LogP contribution in [0.1, 0.15) is 18.1 Å². The van der Waals surface area contributed by atoms with Crippen molar-refractivity contribution in [2.75, 3.05) is 17.4 Å². The summed E-state index contributed by atoms with van der Waals surface area (Å²) in [5.74, 6) is -0.925. The molecule has 0 saturated carbocycles. The summed E-state index contributed by atoms with van der Waals surface area (Å²) in [6.07, 6.45) is 0.231. The van der Waals surface area contributed by atoms with E-state index in [1.807, 2.05) is 60.7 Å². The summed E-state index contributed by atoms with van der Waals surface area (Å²) in [7, 11) is -4.27. The molecule has 4 aromatic carbocycles. The highest BCUT2D eigenvalue weighted by Gasteiger charge is 2.35. The number of carbonyl (C=O) groups excluding carboxylic acids is 2. The number of hydrogen-bond donors (Lipinski definition) is 1. The number of amides is 2. The molecular formula is C32H31Cl2N3O4S. The Bertz CT molecular complexity index is 1610. The van der Waals surface area contributed by atoms with Gasteiger partial charge < -0.3 is 10.2 Å². The molecule has 4 rings (SSSR count). The minimum Gasteiger partial charge on any atom is -0.355 e. The van der Waals surface area contributed by atoms with Crippen molar-refractivity contribution in [2.45, 2.75) is 30.8 Å². The van der Waals surface area contributed by atoms with E-state index >= 15 is 0 Å². The first-order valence-electron chi connectivity index (χ1n) is 13.4. The van der Waals surface area contributed by atoms with Gasteiger partial charge in [-0.15, -0.1) is 0 Å². The van der Waals surface area contributed by atoms with Crippen molar-refractivity contribution in [2.24, 2.45) is 0 Å². The van der Waals surface area contributed by atoms with E-state index in [0.717, 1.165) is 15.4 Å². The number of carbonyl (C=O) groups is 2. The Labute approximate surface area is 256 Å². The highest BCUT2D eigenvalue weighted by Crippen LogP contribution is 2.35. The van der Waals surface area contributed by atoms with E-state index in [2.05, 4.69) is 5.32 Å². The van der Waals surface area contributed by atoms with Crippen LogP contribution >= 0.6 is 23.2 Å². The van der Waals surface area contributed by atoms with Crippen LogP contribution in [-0.4, -0.2) is 44.3 Å². The number of anilines is 1. The Kier molecular flexibility index (Phi) is 10.6. The third kappa shape index (κ3) is 7.50. The maximum atomic E-state index is 14.3. The van der Waals surface area contributed by atoms with Gasteiger partial charge in [-0.2, -0.15) is 0 Å². The molecule has 4 aromatic rings. The molecule has 1 N–H and O–H groups in total. The third-order valence-electron chi connectivity index (χ3n) is 6.63. The number of hydrogen-bond acceptors (Lipinski definition) is 4. The van der Waals surface area contributed by atoms with Crippen LogP contribution in [0.2, 0.25) is 10.0 Å². The molecule has 218 valence electrons. The second-order valence-electron chi connectivity index (χ2n) is 9.51. The summed E-state index contributed by atoms with van der Waals surface area (Å²) in [4.78, 5) is 29.2. The third-order valence-corrected chi connectivity index (χ3v) is 9.21. The maximum Gasteiger partial charge on any atom is 0.264 e. The molecule has 7 nitrogen and oxygen atoms in total. The van der Waals surface area contributed by atoms with Crippen LogP contribution in [0.5, 0.6) is 0 Å². The standard InChI is InChI=1S/C32H31Cl2N3O4S/c1-2-35-32(39)29(21-24-13-6-3-7-14-24)36(22-25-15-8-4-9-16-25)30(38)23-37(28-20-12-19-27(33)31(28)34)42(40,41)26-17-10-5-11-18-26/h3-20,29H,2,21-23H2,1H3,(H,35,39). The Morgan fingerprint density at radius 2 is 1.36 bits per heavy atom. The molecule has 0 radical (unpaired) electrons. The largest absolute Gasteiger partial charge is 0.355 e. The minimum atomic E-state index is -4.27. The highest BCUT2D eigenvalue weighted by atomic mass is 35.5. The number of benzene rings is 4. The van der Waals surface area contributed by atoms with Gasteiger partial charge in [-0.05, 0) is 42.3 Å². The predicted octanol–water partition coefficient (Wildman–Crippen LogP) is 5.96. The fourth-order valence-electron chi connectivity index (χ4n) is 4.54. The van der Waals surface area contributed by atoms with E-state index in [0.29, 0.717) is 6.54 Å². The van der Waals surface area contributed by atoms with Gasteiger partial charge in [-0.1, -0.05) is 108 Å². The summed E-state index contributed by atoms with van der Waals surface area (Å²) in [5, 5.41) is 2.97. The SMILES string of the molecule is CCNC(=O)C(Cc1ccccc1)N(Cc1ccccc1)C(=O)CN(c1cccc(Cl)c1Cl)S(=O)(=O)c1ccccc1. The summed E-state index contributed by atoms with van der Waals surface area (Å²) < 4.78 is 28.9. The van der Waals surface area contributed by atoms with Crippen molar-refractivity contribution in [3.05, 3.63) is 130 Å². The highest BCUT2D eigenvalue weighted by molar-refractivity contribution is 7.92. The number of nitrogens with zero attached hydrogens (tertiary/aromatic N) is 2. The van der Waals surface area contributed by atoms with Crippen molar-refractivity contribution < 1.29 is 18.0 Å². The van der Waals surface area contributed by atoms with E-state index in [-0.39, 0.29) is 39.5 Å². The van der Waals surface area contributed by atoms with Crippen LogP contribution in [0.25, 0.3) is 0 Å². The Morgan fingerprint density at radius 3 is 1.95 bits per heavy atom. The fraction of sp³-hybridized carbons (Fsp3) is 0.188. The van der Waals surface area contributed by atoms with Gasteiger partial charge in [0.1, 0.15) is 12.6 Å². The van der Waals surface area contributed by atoms with Crippen LogP contribution in [0, 0.1) is 0 Å². The van der Waals surface area contributed by atoms with Crippen LogP contribution < -0.4 is 9.62 Å². The van der Waals surface area contributed by atoms with Crippen LogP contribution in [-0.2, 0) is 32.6 Å². The smallest absolute Gasteiger partial charge is 0.264 e.